The predicted molar refractivity (Wildman–Crippen MR) is 149 cm³/mol. The van der Waals surface area contributed by atoms with Gasteiger partial charge in [-0.2, -0.15) is 31.3 Å². The number of hydrogen-bond donors (Lipinski definition) is 2. The van der Waals surface area contributed by atoms with Crippen LogP contribution in [0.4, 0.5) is 38.1 Å². The van der Waals surface area contributed by atoms with Gasteiger partial charge in [0.15, 0.2) is 0 Å². The molecule has 4 aromatic rings. The van der Waals surface area contributed by atoms with E-state index in [4.69, 9.17) is 9.40 Å². The lowest BCUT2D eigenvalue weighted by atomic mass is 9.86. The van der Waals surface area contributed by atoms with E-state index in [1.54, 1.807) is 6.07 Å². The number of nitrogens with zero attached hydrogens (tertiary/aromatic N) is 3. The summed E-state index contributed by atoms with van der Waals surface area (Å²) in [7, 11) is 3.91. The highest BCUT2D eigenvalue weighted by Gasteiger charge is 2.37. The van der Waals surface area contributed by atoms with Gasteiger partial charge in [0, 0.05) is 31.1 Å². The van der Waals surface area contributed by atoms with Crippen LogP contribution in [0.15, 0.2) is 59.0 Å². The molecule has 0 atom stereocenters. The highest BCUT2D eigenvalue weighted by molar-refractivity contribution is 5.90. The summed E-state index contributed by atoms with van der Waals surface area (Å²) >= 11 is 0. The minimum Gasteiger partial charge on any atom is -0.460 e. The van der Waals surface area contributed by atoms with E-state index in [2.05, 4.69) is 15.6 Å². The van der Waals surface area contributed by atoms with E-state index in [1.165, 1.54) is 6.07 Å². The average Bonchev–Trinajstić information content (AvgIpc) is 3.41. The Morgan fingerprint density at radius 3 is 2.17 bits per heavy atom. The molecule has 6 nitrogen and oxygen atoms in total. The van der Waals surface area contributed by atoms with Crippen LogP contribution in [0.3, 0.4) is 0 Å². The fourth-order valence-electron chi connectivity index (χ4n) is 5.28. The summed E-state index contributed by atoms with van der Waals surface area (Å²) in [5.41, 5.74) is -2.15. The highest BCUT2D eigenvalue weighted by Crippen LogP contribution is 2.39. The first-order chi connectivity index (χ1) is 19.9. The molecule has 0 bridgehead atoms. The van der Waals surface area contributed by atoms with E-state index in [-0.39, 0.29) is 23.4 Å². The van der Waals surface area contributed by atoms with Crippen LogP contribution in [-0.4, -0.2) is 36.6 Å². The quantitative estimate of drug-likeness (QED) is 0.204. The SMILES string of the molecule is CN(C)c1nc(N[C@H]2CC[C@@H](CNCc3ccc(-c4cc(C(F)(F)F)cc(C(F)(F)F)c4)o3)CC2)nc2ccccc12. The zero-order valence-electron chi connectivity index (χ0n) is 23.1. The largest absolute Gasteiger partial charge is 0.460 e. The molecule has 12 heteroatoms. The summed E-state index contributed by atoms with van der Waals surface area (Å²) < 4.78 is 84.9. The van der Waals surface area contributed by atoms with Crippen molar-refractivity contribution in [1.29, 1.82) is 0 Å². The number of nitrogens with one attached hydrogen (secondary N) is 2. The topological polar surface area (TPSA) is 66.2 Å². The van der Waals surface area contributed by atoms with Gasteiger partial charge in [0.25, 0.3) is 0 Å². The standard InChI is InChI=1S/C30H31F6N5O/c1-41(2)27-24-5-3-4-6-25(24)39-28(40-27)38-22-9-7-18(8-10-22)16-37-17-23-11-12-26(42-23)19-13-20(29(31,32)33)15-21(14-19)30(34,35)36/h3-6,11-15,18,22,37H,7-10,16-17H2,1-2H3,(H,38,39,40)/t18-,22+. The molecule has 2 heterocycles. The minimum atomic E-state index is -4.92. The molecule has 5 rings (SSSR count). The third-order valence-corrected chi connectivity index (χ3v) is 7.45. The van der Waals surface area contributed by atoms with Gasteiger partial charge in [0.2, 0.25) is 5.95 Å². The Kier molecular flexibility index (Phi) is 8.36. The van der Waals surface area contributed by atoms with Gasteiger partial charge in [-0.1, -0.05) is 12.1 Å². The van der Waals surface area contributed by atoms with Crippen LogP contribution >= 0.6 is 0 Å². The molecule has 0 aliphatic heterocycles. The number of para-hydroxylation sites is 1. The Labute approximate surface area is 239 Å². The molecule has 0 saturated heterocycles. The maximum absolute atomic E-state index is 13.2. The molecule has 42 heavy (non-hydrogen) atoms. The van der Waals surface area contributed by atoms with Gasteiger partial charge in [-0.25, -0.2) is 4.98 Å². The maximum atomic E-state index is 13.2. The molecular weight excluding hydrogens is 560 g/mol. The lowest BCUT2D eigenvalue weighted by molar-refractivity contribution is -0.143. The van der Waals surface area contributed by atoms with Gasteiger partial charge in [0.1, 0.15) is 17.3 Å². The van der Waals surface area contributed by atoms with Crippen molar-refractivity contribution < 1.29 is 30.8 Å². The van der Waals surface area contributed by atoms with Crippen molar-refractivity contribution in [3.8, 4) is 11.3 Å². The number of rotatable bonds is 8. The van der Waals surface area contributed by atoms with E-state index < -0.39 is 23.5 Å². The van der Waals surface area contributed by atoms with Crippen molar-refractivity contribution in [2.45, 2.75) is 50.6 Å². The molecule has 224 valence electrons. The minimum absolute atomic E-state index is 0.0525. The molecule has 2 aromatic carbocycles. The zero-order chi connectivity index (χ0) is 30.1. The number of halogens is 6. The lowest BCUT2D eigenvalue weighted by Gasteiger charge is -2.29. The van der Waals surface area contributed by atoms with Gasteiger partial charge in [-0.15, -0.1) is 0 Å². The van der Waals surface area contributed by atoms with Crippen molar-refractivity contribution in [1.82, 2.24) is 15.3 Å². The third kappa shape index (κ3) is 6.97. The second-order valence-corrected chi connectivity index (χ2v) is 10.8. The number of furan rings is 1. The Hall–Kier alpha value is -3.80. The number of benzene rings is 2. The van der Waals surface area contributed by atoms with Crippen LogP contribution in [0.2, 0.25) is 0 Å². The van der Waals surface area contributed by atoms with Crippen molar-refractivity contribution in [3.63, 3.8) is 0 Å². The van der Waals surface area contributed by atoms with Gasteiger partial charge in [-0.3, -0.25) is 0 Å². The Morgan fingerprint density at radius 2 is 1.52 bits per heavy atom. The first-order valence-corrected chi connectivity index (χ1v) is 13.7. The van der Waals surface area contributed by atoms with Gasteiger partial charge >= 0.3 is 12.4 Å². The van der Waals surface area contributed by atoms with Crippen LogP contribution in [0, 0.1) is 5.92 Å². The van der Waals surface area contributed by atoms with Crippen molar-refractivity contribution in [2.24, 2.45) is 5.92 Å². The molecule has 1 saturated carbocycles. The molecule has 2 N–H and O–H groups in total. The smallest absolute Gasteiger partial charge is 0.416 e. The zero-order valence-corrected chi connectivity index (χ0v) is 23.1. The summed E-state index contributed by atoms with van der Waals surface area (Å²) in [6.45, 7) is 1.02. The molecular formula is C30H31F6N5O. The summed E-state index contributed by atoms with van der Waals surface area (Å²) in [4.78, 5) is 11.4. The molecule has 1 aliphatic carbocycles. The van der Waals surface area contributed by atoms with Gasteiger partial charge < -0.3 is 20.0 Å². The number of aromatic nitrogens is 2. The number of fused-ring (bicyclic) bond motifs is 1. The normalized spacial score (nSPS) is 17.9. The van der Waals surface area contributed by atoms with Gasteiger partial charge in [-0.05, 0) is 80.6 Å². The monoisotopic (exact) mass is 591 g/mol. The van der Waals surface area contributed by atoms with E-state index >= 15 is 0 Å². The Morgan fingerprint density at radius 1 is 0.857 bits per heavy atom. The second-order valence-electron chi connectivity index (χ2n) is 10.8. The highest BCUT2D eigenvalue weighted by atomic mass is 19.4. The molecule has 0 amide bonds. The van der Waals surface area contributed by atoms with Gasteiger partial charge in [0.05, 0.1) is 23.2 Å². The summed E-state index contributed by atoms with van der Waals surface area (Å²) in [5, 5.41) is 7.79. The molecule has 1 aliphatic rings. The fraction of sp³-hybridized carbons (Fsp3) is 0.400. The Balaban J connectivity index is 1.14. The molecule has 2 aromatic heterocycles. The summed E-state index contributed by atoms with van der Waals surface area (Å²) in [6, 6.07) is 12.5. The van der Waals surface area contributed by atoms with Crippen LogP contribution in [0.25, 0.3) is 22.2 Å². The molecule has 0 spiro atoms. The average molecular weight is 592 g/mol. The predicted octanol–water partition coefficient (Wildman–Crippen LogP) is 7.75. The Bertz CT molecular complexity index is 1490. The van der Waals surface area contributed by atoms with Crippen LogP contribution < -0.4 is 15.5 Å². The van der Waals surface area contributed by atoms with Crippen LogP contribution in [0.1, 0.15) is 42.6 Å². The van der Waals surface area contributed by atoms with Crippen LogP contribution in [0.5, 0.6) is 0 Å². The molecule has 0 unspecified atom stereocenters. The number of anilines is 2. The van der Waals surface area contributed by atoms with Crippen molar-refractivity contribution in [3.05, 3.63) is 71.5 Å². The van der Waals surface area contributed by atoms with Crippen molar-refractivity contribution in [2.75, 3.05) is 30.9 Å². The number of hydrogen-bond acceptors (Lipinski definition) is 6. The van der Waals surface area contributed by atoms with E-state index in [0.29, 0.717) is 42.8 Å². The number of alkyl halides is 6. The van der Waals surface area contributed by atoms with E-state index in [0.717, 1.165) is 42.4 Å². The summed E-state index contributed by atoms with van der Waals surface area (Å²) in [6.07, 6.45) is -5.98. The van der Waals surface area contributed by atoms with Crippen molar-refractivity contribution >= 4 is 22.7 Å². The lowest BCUT2D eigenvalue weighted by Crippen LogP contribution is -2.31. The summed E-state index contributed by atoms with van der Waals surface area (Å²) in [5.74, 6) is 2.26. The van der Waals surface area contributed by atoms with E-state index in [1.807, 2.05) is 43.3 Å². The maximum Gasteiger partial charge on any atom is 0.416 e. The first kappa shape index (κ1) is 29.7. The second kappa shape index (κ2) is 11.8. The van der Waals surface area contributed by atoms with Crippen LogP contribution in [-0.2, 0) is 18.9 Å². The van der Waals surface area contributed by atoms with E-state index in [9.17, 15) is 26.3 Å². The fourth-order valence-corrected chi connectivity index (χ4v) is 5.28. The first-order valence-electron chi connectivity index (χ1n) is 13.7. The molecule has 0 radical (unpaired) electrons. The molecule has 1 fully saturated rings. The third-order valence-electron chi connectivity index (χ3n) is 7.45.